The van der Waals surface area contributed by atoms with Gasteiger partial charge in [0.15, 0.2) is 11.5 Å². The Bertz CT molecular complexity index is 907. The summed E-state index contributed by atoms with van der Waals surface area (Å²) in [5.74, 6) is 0.643. The van der Waals surface area contributed by atoms with Gasteiger partial charge in [0.1, 0.15) is 0 Å². The Balaban J connectivity index is 1.19. The first-order valence-corrected chi connectivity index (χ1v) is 10.0. The van der Waals surface area contributed by atoms with Crippen LogP contribution in [0.1, 0.15) is 34.5 Å². The molecule has 2 fully saturated rings. The van der Waals surface area contributed by atoms with E-state index in [1.807, 2.05) is 29.2 Å². The van der Waals surface area contributed by atoms with E-state index >= 15 is 0 Å². The van der Waals surface area contributed by atoms with E-state index in [0.717, 1.165) is 30.6 Å². The number of aromatic nitrogens is 2. The molecule has 3 aliphatic heterocycles. The van der Waals surface area contributed by atoms with Crippen molar-refractivity contribution in [2.75, 3.05) is 25.0 Å². The van der Waals surface area contributed by atoms with Crippen molar-refractivity contribution in [3.63, 3.8) is 0 Å². The number of carbonyl (C=O) groups excluding carboxylic acids is 2. The van der Waals surface area contributed by atoms with Crippen molar-refractivity contribution >= 4 is 17.8 Å². The fourth-order valence-corrected chi connectivity index (χ4v) is 4.40. The summed E-state index contributed by atoms with van der Waals surface area (Å²) < 4.78 is 5.70. The molecule has 1 aromatic heterocycles. The van der Waals surface area contributed by atoms with Crippen LogP contribution in [-0.4, -0.2) is 57.7 Å². The van der Waals surface area contributed by atoms with E-state index in [9.17, 15) is 9.59 Å². The normalized spacial score (nSPS) is 22.9. The second-order valence-corrected chi connectivity index (χ2v) is 7.86. The predicted molar refractivity (Wildman–Crippen MR) is 105 cm³/mol. The van der Waals surface area contributed by atoms with E-state index < -0.39 is 0 Å². The lowest BCUT2D eigenvalue weighted by Gasteiger charge is -2.33. The van der Waals surface area contributed by atoms with Gasteiger partial charge in [-0.05, 0) is 36.1 Å². The molecule has 2 saturated heterocycles. The Morgan fingerprint density at radius 2 is 1.79 bits per heavy atom. The van der Waals surface area contributed by atoms with Crippen LogP contribution in [0.3, 0.4) is 0 Å². The minimum Gasteiger partial charge on any atom is -0.378 e. The van der Waals surface area contributed by atoms with Crippen molar-refractivity contribution in [1.82, 2.24) is 20.0 Å². The average molecular weight is 393 g/mol. The van der Waals surface area contributed by atoms with Gasteiger partial charge in [0.05, 0.1) is 6.10 Å². The molecule has 5 rings (SSSR count). The molecule has 4 heterocycles. The standard InChI is InChI=1S/C21H23N5O3/c27-20(25-9-7-18-16(13-25)8-10-29-18)17-5-6-19(24-23-17)22-21(28)26-11-14-3-1-2-4-15(14)12-26/h1-6,16,18H,7-13H2,(H,22,24,28). The summed E-state index contributed by atoms with van der Waals surface area (Å²) in [5, 5.41) is 10.9. The number of nitrogens with zero attached hydrogens (tertiary/aromatic N) is 4. The second kappa shape index (κ2) is 7.44. The molecule has 8 nitrogen and oxygen atoms in total. The van der Waals surface area contributed by atoms with E-state index in [0.29, 0.717) is 49.7 Å². The Hall–Kier alpha value is -3.00. The van der Waals surface area contributed by atoms with Gasteiger partial charge in [-0.3, -0.25) is 10.1 Å². The molecule has 2 aromatic rings. The van der Waals surface area contributed by atoms with E-state index in [1.54, 1.807) is 17.0 Å². The molecule has 8 heteroatoms. The molecule has 3 amide bonds. The monoisotopic (exact) mass is 393 g/mol. The zero-order chi connectivity index (χ0) is 19.8. The molecule has 1 N–H and O–H groups in total. The smallest absolute Gasteiger partial charge is 0.323 e. The summed E-state index contributed by atoms with van der Waals surface area (Å²) in [6.45, 7) is 3.32. The van der Waals surface area contributed by atoms with Gasteiger partial charge in [-0.2, -0.15) is 0 Å². The summed E-state index contributed by atoms with van der Waals surface area (Å²) >= 11 is 0. The van der Waals surface area contributed by atoms with Crippen LogP contribution in [0.4, 0.5) is 10.6 Å². The molecule has 150 valence electrons. The van der Waals surface area contributed by atoms with Crippen molar-refractivity contribution in [3.8, 4) is 0 Å². The van der Waals surface area contributed by atoms with Gasteiger partial charge < -0.3 is 14.5 Å². The molecule has 0 spiro atoms. The molecule has 1 aromatic carbocycles. The molecule has 3 aliphatic rings. The van der Waals surface area contributed by atoms with Crippen LogP contribution in [0.2, 0.25) is 0 Å². The lowest BCUT2D eigenvalue weighted by Crippen LogP contribution is -2.44. The highest BCUT2D eigenvalue weighted by atomic mass is 16.5. The van der Waals surface area contributed by atoms with Crippen LogP contribution >= 0.6 is 0 Å². The number of nitrogens with one attached hydrogen (secondary N) is 1. The number of amides is 3. The summed E-state index contributed by atoms with van der Waals surface area (Å²) in [5.41, 5.74) is 2.62. The van der Waals surface area contributed by atoms with Crippen molar-refractivity contribution in [2.24, 2.45) is 5.92 Å². The van der Waals surface area contributed by atoms with Crippen LogP contribution < -0.4 is 5.32 Å². The number of hydrogen-bond donors (Lipinski definition) is 1. The minimum absolute atomic E-state index is 0.115. The highest BCUT2D eigenvalue weighted by molar-refractivity contribution is 5.93. The van der Waals surface area contributed by atoms with Gasteiger partial charge >= 0.3 is 6.03 Å². The number of likely N-dealkylation sites (tertiary alicyclic amines) is 1. The van der Waals surface area contributed by atoms with Gasteiger partial charge in [-0.15, -0.1) is 10.2 Å². The molecule has 0 saturated carbocycles. The molecular weight excluding hydrogens is 370 g/mol. The summed E-state index contributed by atoms with van der Waals surface area (Å²) in [6.07, 6.45) is 2.17. The first-order valence-electron chi connectivity index (χ1n) is 10.0. The Kier molecular flexibility index (Phi) is 4.63. The first-order chi connectivity index (χ1) is 14.2. The average Bonchev–Trinajstić information content (AvgIpc) is 3.40. The number of urea groups is 1. The van der Waals surface area contributed by atoms with Crippen molar-refractivity contribution < 1.29 is 14.3 Å². The van der Waals surface area contributed by atoms with E-state index in [-0.39, 0.29) is 11.9 Å². The predicted octanol–water partition coefficient (Wildman–Crippen LogP) is 2.28. The number of hydrogen-bond acceptors (Lipinski definition) is 5. The highest BCUT2D eigenvalue weighted by Gasteiger charge is 2.36. The summed E-state index contributed by atoms with van der Waals surface area (Å²) in [4.78, 5) is 28.8. The Labute approximate surface area is 168 Å². The molecule has 0 radical (unpaired) electrons. The van der Waals surface area contributed by atoms with Crippen LogP contribution in [-0.2, 0) is 17.8 Å². The quantitative estimate of drug-likeness (QED) is 0.846. The maximum Gasteiger partial charge on any atom is 0.323 e. The summed E-state index contributed by atoms with van der Waals surface area (Å²) in [6, 6.07) is 11.0. The first kappa shape index (κ1) is 18.1. The van der Waals surface area contributed by atoms with Gasteiger partial charge in [-0.25, -0.2) is 4.79 Å². The molecule has 2 atom stereocenters. The molecule has 2 unspecified atom stereocenters. The zero-order valence-electron chi connectivity index (χ0n) is 16.1. The minimum atomic E-state index is -0.224. The molecule has 0 aliphatic carbocycles. The third-order valence-electron chi connectivity index (χ3n) is 6.02. The number of carbonyl (C=O) groups is 2. The molecule has 0 bridgehead atoms. The maximum atomic E-state index is 12.7. The van der Waals surface area contributed by atoms with Gasteiger partial charge in [-0.1, -0.05) is 24.3 Å². The lowest BCUT2D eigenvalue weighted by atomic mass is 9.94. The fourth-order valence-electron chi connectivity index (χ4n) is 4.40. The zero-order valence-corrected chi connectivity index (χ0v) is 16.1. The largest absolute Gasteiger partial charge is 0.378 e. The van der Waals surface area contributed by atoms with Gasteiger partial charge in [0, 0.05) is 38.7 Å². The van der Waals surface area contributed by atoms with Crippen molar-refractivity contribution in [2.45, 2.75) is 32.0 Å². The molecular formula is C21H23N5O3. The third-order valence-corrected chi connectivity index (χ3v) is 6.02. The van der Waals surface area contributed by atoms with Crippen LogP contribution in [0.5, 0.6) is 0 Å². The van der Waals surface area contributed by atoms with Gasteiger partial charge in [0.2, 0.25) is 0 Å². The van der Waals surface area contributed by atoms with Crippen LogP contribution in [0.25, 0.3) is 0 Å². The Morgan fingerprint density at radius 3 is 2.52 bits per heavy atom. The number of ether oxygens (including phenoxy) is 1. The maximum absolute atomic E-state index is 12.7. The van der Waals surface area contributed by atoms with Gasteiger partial charge in [0.25, 0.3) is 5.91 Å². The second-order valence-electron chi connectivity index (χ2n) is 7.86. The van der Waals surface area contributed by atoms with E-state index in [2.05, 4.69) is 15.5 Å². The molecule has 29 heavy (non-hydrogen) atoms. The number of benzene rings is 1. The number of anilines is 1. The van der Waals surface area contributed by atoms with Crippen LogP contribution in [0, 0.1) is 5.92 Å². The SMILES string of the molecule is O=C(Nc1ccc(C(=O)N2CCC3OCCC3C2)nn1)N1Cc2ccccc2C1. The Morgan fingerprint density at radius 1 is 1.00 bits per heavy atom. The van der Waals surface area contributed by atoms with Crippen LogP contribution in [0.15, 0.2) is 36.4 Å². The van der Waals surface area contributed by atoms with E-state index in [1.165, 1.54) is 0 Å². The van der Waals surface area contributed by atoms with E-state index in [4.69, 9.17) is 4.74 Å². The lowest BCUT2D eigenvalue weighted by molar-refractivity contribution is 0.0302. The number of rotatable bonds is 2. The highest BCUT2D eigenvalue weighted by Crippen LogP contribution is 2.29. The third kappa shape index (κ3) is 3.55. The number of fused-ring (bicyclic) bond motifs is 2. The number of piperidine rings is 1. The van der Waals surface area contributed by atoms with Crippen molar-refractivity contribution in [1.29, 1.82) is 0 Å². The summed E-state index contributed by atoms with van der Waals surface area (Å²) in [7, 11) is 0. The topological polar surface area (TPSA) is 87.7 Å². The van der Waals surface area contributed by atoms with Crippen molar-refractivity contribution in [3.05, 3.63) is 53.2 Å². The fraction of sp³-hybridized carbons (Fsp3) is 0.429.